The summed E-state index contributed by atoms with van der Waals surface area (Å²) in [6.45, 7) is 2.97. The Morgan fingerprint density at radius 1 is 1.18 bits per heavy atom. The molecule has 0 spiro atoms. The van der Waals surface area contributed by atoms with Crippen molar-refractivity contribution < 1.29 is 9.21 Å². The van der Waals surface area contributed by atoms with Crippen molar-refractivity contribution in [2.45, 2.75) is 51.9 Å². The molecule has 0 aliphatic rings. The van der Waals surface area contributed by atoms with Gasteiger partial charge in [-0.2, -0.15) is 0 Å². The van der Waals surface area contributed by atoms with E-state index in [0.29, 0.717) is 5.76 Å². The molecule has 0 aromatic carbocycles. The van der Waals surface area contributed by atoms with Gasteiger partial charge in [-0.1, -0.05) is 45.4 Å². The highest BCUT2D eigenvalue weighted by Gasteiger charge is 2.06. The zero-order valence-electron chi connectivity index (χ0n) is 10.7. The molecule has 1 amide bonds. The smallest absolute Gasteiger partial charge is 0.286 e. The molecule has 17 heavy (non-hydrogen) atoms. The lowest BCUT2D eigenvalue weighted by Gasteiger charge is -2.03. The zero-order chi connectivity index (χ0) is 12.3. The largest absolute Gasteiger partial charge is 0.459 e. The van der Waals surface area contributed by atoms with E-state index >= 15 is 0 Å². The highest BCUT2D eigenvalue weighted by atomic mass is 16.3. The lowest BCUT2D eigenvalue weighted by atomic mass is 10.1. The van der Waals surface area contributed by atoms with E-state index in [-0.39, 0.29) is 5.91 Å². The van der Waals surface area contributed by atoms with Crippen molar-refractivity contribution in [2.24, 2.45) is 0 Å². The van der Waals surface area contributed by atoms with Crippen LogP contribution >= 0.6 is 0 Å². The molecular weight excluding hydrogens is 214 g/mol. The Hall–Kier alpha value is -1.25. The van der Waals surface area contributed by atoms with Crippen LogP contribution in [0, 0.1) is 0 Å². The first-order valence-electron chi connectivity index (χ1n) is 6.66. The fourth-order valence-corrected chi connectivity index (χ4v) is 1.78. The summed E-state index contributed by atoms with van der Waals surface area (Å²) in [7, 11) is 0. The topological polar surface area (TPSA) is 42.2 Å². The number of hydrogen-bond donors (Lipinski definition) is 1. The maximum Gasteiger partial charge on any atom is 0.286 e. The first kappa shape index (κ1) is 13.8. The van der Waals surface area contributed by atoms with Gasteiger partial charge in [-0.05, 0) is 18.6 Å². The molecule has 96 valence electrons. The van der Waals surface area contributed by atoms with Crippen molar-refractivity contribution in [2.75, 3.05) is 6.54 Å². The van der Waals surface area contributed by atoms with E-state index < -0.39 is 0 Å². The van der Waals surface area contributed by atoms with Crippen LogP contribution in [0.2, 0.25) is 0 Å². The average molecular weight is 237 g/mol. The summed E-state index contributed by atoms with van der Waals surface area (Å²) in [4.78, 5) is 11.5. The quantitative estimate of drug-likeness (QED) is 0.664. The van der Waals surface area contributed by atoms with Crippen LogP contribution in [-0.2, 0) is 0 Å². The summed E-state index contributed by atoms with van der Waals surface area (Å²) in [6, 6.07) is 3.41. The van der Waals surface area contributed by atoms with Gasteiger partial charge in [0.15, 0.2) is 5.76 Å². The molecule has 3 heteroatoms. The summed E-state index contributed by atoms with van der Waals surface area (Å²) < 4.78 is 5.01. The molecule has 1 aromatic rings. The Kier molecular flexibility index (Phi) is 7.19. The fraction of sp³-hybridized carbons (Fsp3) is 0.643. The molecule has 0 aliphatic carbocycles. The summed E-state index contributed by atoms with van der Waals surface area (Å²) in [6.07, 6.45) is 10.3. The van der Waals surface area contributed by atoms with Crippen LogP contribution in [0.15, 0.2) is 22.8 Å². The van der Waals surface area contributed by atoms with Crippen LogP contribution in [0.25, 0.3) is 0 Å². The maximum atomic E-state index is 11.5. The third-order valence-electron chi connectivity index (χ3n) is 2.81. The first-order chi connectivity index (χ1) is 8.34. The summed E-state index contributed by atoms with van der Waals surface area (Å²) in [5.74, 6) is 0.286. The maximum absolute atomic E-state index is 11.5. The van der Waals surface area contributed by atoms with Gasteiger partial charge in [0, 0.05) is 6.54 Å². The van der Waals surface area contributed by atoms with E-state index in [4.69, 9.17) is 4.42 Å². The average Bonchev–Trinajstić information content (AvgIpc) is 2.86. The van der Waals surface area contributed by atoms with Gasteiger partial charge >= 0.3 is 0 Å². The number of unbranched alkanes of at least 4 members (excludes halogenated alkanes) is 6. The number of carbonyl (C=O) groups is 1. The number of hydrogen-bond acceptors (Lipinski definition) is 2. The van der Waals surface area contributed by atoms with Gasteiger partial charge in [-0.15, -0.1) is 0 Å². The zero-order valence-corrected chi connectivity index (χ0v) is 10.7. The number of rotatable bonds is 9. The minimum Gasteiger partial charge on any atom is -0.459 e. The molecule has 0 atom stereocenters. The number of carbonyl (C=O) groups excluding carboxylic acids is 1. The second-order valence-corrected chi connectivity index (χ2v) is 4.35. The Bertz CT molecular complexity index is 293. The van der Waals surface area contributed by atoms with E-state index in [1.807, 2.05) is 0 Å². The van der Waals surface area contributed by atoms with Gasteiger partial charge in [0.05, 0.1) is 6.26 Å². The Morgan fingerprint density at radius 2 is 1.88 bits per heavy atom. The van der Waals surface area contributed by atoms with Crippen LogP contribution in [-0.4, -0.2) is 12.5 Å². The van der Waals surface area contributed by atoms with Gasteiger partial charge < -0.3 is 9.73 Å². The number of nitrogens with one attached hydrogen (secondary N) is 1. The van der Waals surface area contributed by atoms with Gasteiger partial charge in [-0.25, -0.2) is 0 Å². The summed E-state index contributed by atoms with van der Waals surface area (Å²) in [5.41, 5.74) is 0. The third kappa shape index (κ3) is 6.15. The molecule has 0 fully saturated rings. The van der Waals surface area contributed by atoms with Crippen molar-refractivity contribution >= 4 is 5.91 Å². The van der Waals surface area contributed by atoms with Crippen LogP contribution in [0.1, 0.15) is 62.4 Å². The van der Waals surface area contributed by atoms with Crippen molar-refractivity contribution in [1.29, 1.82) is 0 Å². The second-order valence-electron chi connectivity index (χ2n) is 4.35. The molecule has 0 aliphatic heterocycles. The van der Waals surface area contributed by atoms with E-state index in [1.54, 1.807) is 12.1 Å². The molecule has 0 bridgehead atoms. The monoisotopic (exact) mass is 237 g/mol. The molecule has 3 nitrogen and oxygen atoms in total. The minimum absolute atomic E-state index is 0.110. The minimum atomic E-state index is -0.110. The standard InChI is InChI=1S/C14H23NO2/c1-2-3-4-5-6-7-8-11-15-14(16)13-10-9-12-17-13/h9-10,12H,2-8,11H2,1H3,(H,15,16). The molecule has 1 rings (SSSR count). The van der Waals surface area contributed by atoms with Gasteiger partial charge in [0.25, 0.3) is 5.91 Å². The fourth-order valence-electron chi connectivity index (χ4n) is 1.78. The molecule has 1 aromatic heterocycles. The normalized spacial score (nSPS) is 10.4. The van der Waals surface area contributed by atoms with Crippen molar-refractivity contribution in [1.82, 2.24) is 5.32 Å². The molecule has 0 radical (unpaired) electrons. The molecule has 1 N–H and O–H groups in total. The predicted molar refractivity (Wildman–Crippen MR) is 69.0 cm³/mol. The van der Waals surface area contributed by atoms with Gasteiger partial charge in [0.1, 0.15) is 0 Å². The van der Waals surface area contributed by atoms with Crippen LogP contribution < -0.4 is 5.32 Å². The highest BCUT2D eigenvalue weighted by Crippen LogP contribution is 2.06. The van der Waals surface area contributed by atoms with Crippen molar-refractivity contribution in [3.8, 4) is 0 Å². The van der Waals surface area contributed by atoms with Crippen LogP contribution in [0.4, 0.5) is 0 Å². The third-order valence-corrected chi connectivity index (χ3v) is 2.81. The van der Waals surface area contributed by atoms with Gasteiger partial charge in [-0.3, -0.25) is 4.79 Å². The SMILES string of the molecule is CCCCCCCCCNC(=O)c1ccco1. The molecule has 1 heterocycles. The molecule has 0 unspecified atom stereocenters. The van der Waals surface area contributed by atoms with Crippen LogP contribution in [0.5, 0.6) is 0 Å². The number of amides is 1. The molecular formula is C14H23NO2. The second kappa shape index (κ2) is 8.85. The Labute approximate surface area is 104 Å². The Morgan fingerprint density at radius 3 is 2.53 bits per heavy atom. The number of furan rings is 1. The van der Waals surface area contributed by atoms with Crippen LogP contribution in [0.3, 0.4) is 0 Å². The van der Waals surface area contributed by atoms with E-state index in [2.05, 4.69) is 12.2 Å². The summed E-state index contributed by atoms with van der Waals surface area (Å²) in [5, 5.41) is 2.85. The highest BCUT2D eigenvalue weighted by molar-refractivity contribution is 5.91. The van der Waals surface area contributed by atoms with E-state index in [1.165, 1.54) is 44.8 Å². The Balaban J connectivity index is 1.92. The van der Waals surface area contributed by atoms with Crippen molar-refractivity contribution in [3.05, 3.63) is 24.2 Å². The van der Waals surface area contributed by atoms with E-state index in [0.717, 1.165) is 13.0 Å². The van der Waals surface area contributed by atoms with E-state index in [9.17, 15) is 4.79 Å². The van der Waals surface area contributed by atoms with Crippen molar-refractivity contribution in [3.63, 3.8) is 0 Å². The molecule has 0 saturated heterocycles. The lowest BCUT2D eigenvalue weighted by molar-refractivity contribution is 0.0925. The lowest BCUT2D eigenvalue weighted by Crippen LogP contribution is -2.23. The van der Waals surface area contributed by atoms with Gasteiger partial charge in [0.2, 0.25) is 0 Å². The summed E-state index contributed by atoms with van der Waals surface area (Å²) >= 11 is 0. The molecule has 0 saturated carbocycles. The first-order valence-corrected chi connectivity index (χ1v) is 6.66. The predicted octanol–water partition coefficient (Wildman–Crippen LogP) is 3.76.